The minimum Gasteiger partial charge on any atom is -0.508 e. The van der Waals surface area contributed by atoms with Gasteiger partial charge in [0.05, 0.1) is 6.10 Å². The molecule has 0 bridgehead atoms. The van der Waals surface area contributed by atoms with Crippen molar-refractivity contribution < 1.29 is 10.2 Å². The lowest BCUT2D eigenvalue weighted by molar-refractivity contribution is 0.0668. The molecule has 5 rings (SSSR count). The SMILES string of the molecule is Oc1ccc(-c2cn(SI)c3ncc(-c4ccc(CN5CCCC(O)C5)cc4)cc23)cc1. The second kappa shape index (κ2) is 9.43. The summed E-state index contributed by atoms with van der Waals surface area (Å²) in [6.45, 7) is 2.68. The van der Waals surface area contributed by atoms with Crippen molar-refractivity contribution in [2.45, 2.75) is 25.5 Å². The molecular formula is C25H24IN3O2S. The molecule has 1 saturated heterocycles. The largest absolute Gasteiger partial charge is 0.508 e. The van der Waals surface area contributed by atoms with Crippen LogP contribution in [-0.2, 0) is 6.54 Å². The van der Waals surface area contributed by atoms with Gasteiger partial charge in [-0.05, 0) is 54.3 Å². The standard InChI is InChI=1S/C25H24IN3O2S/c26-32-29-16-24(19-7-9-21(30)10-8-19)23-12-20(13-27-25(23)29)18-5-3-17(4-6-18)14-28-11-1-2-22(31)15-28/h3-10,12-13,16,22,30-31H,1-2,11,14-15H2. The average molecular weight is 557 g/mol. The van der Waals surface area contributed by atoms with Crippen LogP contribution in [0.15, 0.2) is 67.0 Å². The van der Waals surface area contributed by atoms with Gasteiger partial charge in [0, 0.05) is 72.3 Å². The first kappa shape index (κ1) is 21.8. The summed E-state index contributed by atoms with van der Waals surface area (Å²) in [5, 5.41) is 20.7. The number of fused-ring (bicyclic) bond motifs is 1. The normalized spacial score (nSPS) is 17.1. The summed E-state index contributed by atoms with van der Waals surface area (Å²) < 4.78 is 2.07. The van der Waals surface area contributed by atoms with Gasteiger partial charge in [-0.25, -0.2) is 4.98 Å². The quantitative estimate of drug-likeness (QED) is 0.300. The van der Waals surface area contributed by atoms with E-state index >= 15 is 0 Å². The Hall–Kier alpha value is -2.07. The van der Waals surface area contributed by atoms with Crippen LogP contribution in [0.5, 0.6) is 5.75 Å². The fourth-order valence-corrected chi connectivity index (χ4v) is 5.65. The molecule has 0 radical (unpaired) electrons. The molecule has 0 saturated carbocycles. The van der Waals surface area contributed by atoms with E-state index in [1.54, 1.807) is 21.3 Å². The fourth-order valence-electron chi connectivity index (χ4n) is 4.40. The fraction of sp³-hybridized carbons (Fsp3) is 0.240. The second-order valence-corrected chi connectivity index (χ2v) is 10.0. The van der Waals surface area contributed by atoms with E-state index in [0.29, 0.717) is 0 Å². The summed E-state index contributed by atoms with van der Waals surface area (Å²) in [5.74, 6) is 0.263. The number of hydrogen-bond donors (Lipinski definition) is 2. The van der Waals surface area contributed by atoms with Crippen LogP contribution in [0, 0.1) is 0 Å². The lowest BCUT2D eigenvalue weighted by Crippen LogP contribution is -2.37. The van der Waals surface area contributed by atoms with Gasteiger partial charge in [0.15, 0.2) is 5.65 Å². The number of piperidine rings is 1. The minimum absolute atomic E-state index is 0.198. The van der Waals surface area contributed by atoms with Crippen LogP contribution in [0.1, 0.15) is 18.4 Å². The molecule has 3 heterocycles. The van der Waals surface area contributed by atoms with E-state index in [0.717, 1.165) is 65.8 Å². The maximum atomic E-state index is 9.91. The van der Waals surface area contributed by atoms with E-state index in [2.05, 4.69) is 66.6 Å². The molecular weight excluding hydrogens is 533 g/mol. The molecule has 1 fully saturated rings. The molecule has 2 aromatic heterocycles. The summed E-state index contributed by atoms with van der Waals surface area (Å²) in [4.78, 5) is 7.09. The molecule has 1 aliphatic heterocycles. The van der Waals surface area contributed by atoms with Crippen molar-refractivity contribution in [3.63, 3.8) is 0 Å². The summed E-state index contributed by atoms with van der Waals surface area (Å²) >= 11 is 2.27. The van der Waals surface area contributed by atoms with Crippen LogP contribution in [0.4, 0.5) is 0 Å². The van der Waals surface area contributed by atoms with E-state index in [4.69, 9.17) is 4.98 Å². The van der Waals surface area contributed by atoms with Crippen LogP contribution >= 0.6 is 30.3 Å². The molecule has 7 heteroatoms. The molecule has 2 N–H and O–H groups in total. The van der Waals surface area contributed by atoms with Crippen molar-refractivity contribution in [1.82, 2.24) is 13.9 Å². The van der Waals surface area contributed by atoms with Gasteiger partial charge in [-0.15, -0.1) is 0 Å². The Balaban J connectivity index is 1.45. The van der Waals surface area contributed by atoms with E-state index in [1.165, 1.54) is 5.56 Å². The van der Waals surface area contributed by atoms with Crippen LogP contribution in [0.2, 0.25) is 0 Å². The molecule has 0 amide bonds. The lowest BCUT2D eigenvalue weighted by Gasteiger charge is -2.29. The number of phenols is 1. The van der Waals surface area contributed by atoms with Gasteiger partial charge >= 0.3 is 0 Å². The molecule has 4 aromatic rings. The number of phenolic OH excluding ortho intramolecular Hbond substituents is 1. The highest BCUT2D eigenvalue weighted by molar-refractivity contribution is 14.2. The van der Waals surface area contributed by atoms with Crippen LogP contribution in [0.25, 0.3) is 33.3 Å². The Labute approximate surface area is 203 Å². The lowest BCUT2D eigenvalue weighted by atomic mass is 10.0. The van der Waals surface area contributed by atoms with Crippen LogP contribution in [-0.4, -0.2) is 43.3 Å². The van der Waals surface area contributed by atoms with E-state index in [1.807, 2.05) is 18.3 Å². The zero-order chi connectivity index (χ0) is 22.1. The third-order valence-electron chi connectivity index (χ3n) is 6.04. The van der Waals surface area contributed by atoms with Gasteiger partial charge in [0.25, 0.3) is 0 Å². The van der Waals surface area contributed by atoms with Crippen molar-refractivity contribution in [3.05, 3.63) is 72.6 Å². The van der Waals surface area contributed by atoms with Crippen molar-refractivity contribution in [1.29, 1.82) is 0 Å². The third kappa shape index (κ3) is 4.52. The van der Waals surface area contributed by atoms with Crippen molar-refractivity contribution in [2.75, 3.05) is 13.1 Å². The van der Waals surface area contributed by atoms with Gasteiger partial charge in [-0.2, -0.15) is 0 Å². The monoisotopic (exact) mass is 557 g/mol. The van der Waals surface area contributed by atoms with E-state index < -0.39 is 0 Å². The number of aromatic nitrogens is 2. The predicted octanol–water partition coefficient (Wildman–Crippen LogP) is 5.88. The van der Waals surface area contributed by atoms with Gasteiger partial charge in [-0.1, -0.05) is 36.4 Å². The van der Waals surface area contributed by atoms with Gasteiger partial charge in [-0.3, -0.25) is 8.87 Å². The topological polar surface area (TPSA) is 61.5 Å². The van der Waals surface area contributed by atoms with Gasteiger partial charge in [0.2, 0.25) is 0 Å². The highest BCUT2D eigenvalue weighted by Crippen LogP contribution is 2.36. The number of halogens is 1. The Morgan fingerprint density at radius 3 is 2.50 bits per heavy atom. The number of aliphatic hydroxyl groups excluding tert-OH is 1. The third-order valence-corrected chi connectivity index (χ3v) is 7.74. The molecule has 164 valence electrons. The molecule has 32 heavy (non-hydrogen) atoms. The first-order valence-corrected chi connectivity index (χ1v) is 14.0. The number of nitrogens with zero attached hydrogens (tertiary/aromatic N) is 3. The Morgan fingerprint density at radius 1 is 1.03 bits per heavy atom. The number of hydrogen-bond acceptors (Lipinski definition) is 5. The van der Waals surface area contributed by atoms with E-state index in [-0.39, 0.29) is 11.9 Å². The minimum atomic E-state index is -0.198. The Morgan fingerprint density at radius 2 is 1.78 bits per heavy atom. The smallest absolute Gasteiger partial charge is 0.151 e. The molecule has 1 atom stereocenters. The number of rotatable bonds is 5. The Bertz CT molecular complexity index is 1220. The molecule has 5 nitrogen and oxygen atoms in total. The zero-order valence-electron chi connectivity index (χ0n) is 17.5. The molecule has 1 aliphatic rings. The number of likely N-dealkylation sites (tertiary alicyclic amines) is 1. The van der Waals surface area contributed by atoms with Crippen LogP contribution < -0.4 is 0 Å². The van der Waals surface area contributed by atoms with Crippen molar-refractivity contribution in [2.24, 2.45) is 0 Å². The zero-order valence-corrected chi connectivity index (χ0v) is 20.5. The predicted molar refractivity (Wildman–Crippen MR) is 140 cm³/mol. The first-order valence-electron chi connectivity index (χ1n) is 10.7. The number of β-amino-alcohol motifs (C(OH)–C–C–N with tert-alkyl or cyclic N) is 1. The number of aliphatic hydroxyl groups is 1. The Kier molecular flexibility index (Phi) is 6.41. The summed E-state index contributed by atoms with van der Waals surface area (Å²) in [6.07, 6.45) is 5.80. The number of aromatic hydroxyl groups is 1. The maximum Gasteiger partial charge on any atom is 0.151 e. The first-order chi connectivity index (χ1) is 15.6. The van der Waals surface area contributed by atoms with Gasteiger partial charge in [0.1, 0.15) is 5.75 Å². The molecule has 0 aliphatic carbocycles. The van der Waals surface area contributed by atoms with Gasteiger partial charge < -0.3 is 10.2 Å². The molecule has 0 spiro atoms. The highest BCUT2D eigenvalue weighted by Gasteiger charge is 2.18. The summed E-state index contributed by atoms with van der Waals surface area (Å²) in [7, 11) is 1.59. The molecule has 1 unspecified atom stereocenters. The number of pyridine rings is 1. The van der Waals surface area contributed by atoms with Crippen molar-refractivity contribution in [3.8, 4) is 28.0 Å². The maximum absolute atomic E-state index is 9.91. The second-order valence-electron chi connectivity index (χ2n) is 8.31. The summed E-state index contributed by atoms with van der Waals surface area (Å²) in [6, 6.07) is 18.2. The average Bonchev–Trinajstić information content (AvgIpc) is 3.18. The van der Waals surface area contributed by atoms with Crippen molar-refractivity contribution >= 4 is 41.4 Å². The highest BCUT2D eigenvalue weighted by atomic mass is 127. The number of benzene rings is 2. The van der Waals surface area contributed by atoms with Crippen LogP contribution in [0.3, 0.4) is 0 Å². The molecule has 2 aromatic carbocycles. The van der Waals surface area contributed by atoms with E-state index in [9.17, 15) is 10.2 Å². The summed E-state index contributed by atoms with van der Waals surface area (Å²) in [5.41, 5.74) is 6.54.